The molecule has 1 aromatic carbocycles. The van der Waals surface area contributed by atoms with Crippen LogP contribution in [0.1, 0.15) is 18.0 Å². The van der Waals surface area contributed by atoms with E-state index in [0.29, 0.717) is 11.8 Å². The zero-order valence-electron chi connectivity index (χ0n) is 6.25. The molecule has 2 nitrogen and oxygen atoms in total. The molecule has 58 valence electrons. The number of benzene rings is 1. The Bertz CT molecular complexity index is 255. The minimum absolute atomic E-state index is 0.385. The summed E-state index contributed by atoms with van der Waals surface area (Å²) in [6, 6.07) is 7.88. The van der Waals surface area contributed by atoms with E-state index in [9.17, 15) is 5.11 Å². The topological polar surface area (TPSA) is 32.3 Å². The molecular weight excluding hydrogens is 138 g/mol. The maximum atomic E-state index is 9.41. The molecule has 1 fully saturated rings. The Kier molecular flexibility index (Phi) is 1.55. The van der Waals surface area contributed by atoms with E-state index >= 15 is 0 Å². The molecule has 1 atom stereocenters. The fourth-order valence-corrected chi connectivity index (χ4v) is 1.34. The van der Waals surface area contributed by atoms with Gasteiger partial charge in [-0.3, -0.25) is 0 Å². The molecule has 0 saturated carbocycles. The summed E-state index contributed by atoms with van der Waals surface area (Å²) in [6.07, 6.45) is 1.14. The Hall–Kier alpha value is -1.02. The van der Waals surface area contributed by atoms with Gasteiger partial charge in [0.15, 0.2) is 0 Å². The smallest absolute Gasteiger partial charge is 0.120 e. The van der Waals surface area contributed by atoms with Crippen LogP contribution in [-0.2, 0) is 0 Å². The third kappa shape index (κ3) is 1.10. The molecule has 1 unspecified atom stereocenters. The van der Waals surface area contributed by atoms with Gasteiger partial charge in [-0.25, -0.2) is 0 Å². The van der Waals surface area contributed by atoms with Gasteiger partial charge in [0.05, 0.1) is 0 Å². The van der Waals surface area contributed by atoms with Crippen LogP contribution in [0.25, 0.3) is 0 Å². The molecule has 1 aliphatic rings. The summed E-state index contributed by atoms with van der Waals surface area (Å²) >= 11 is 0. The molecule has 1 heterocycles. The molecule has 1 aromatic rings. The number of hydrogen-bond acceptors (Lipinski definition) is 2. The number of phenolic OH excluding ortho intramolecular Hbond substituents is 1. The van der Waals surface area contributed by atoms with Crippen molar-refractivity contribution in [3.05, 3.63) is 29.8 Å². The normalized spacial score (nSPS) is 22.7. The Labute approximate surface area is 65.9 Å². The van der Waals surface area contributed by atoms with E-state index in [-0.39, 0.29) is 0 Å². The second kappa shape index (κ2) is 2.55. The first kappa shape index (κ1) is 6.68. The Morgan fingerprint density at radius 2 is 2.09 bits per heavy atom. The zero-order valence-corrected chi connectivity index (χ0v) is 6.25. The van der Waals surface area contributed by atoms with Crippen molar-refractivity contribution in [3.8, 4) is 5.75 Å². The van der Waals surface area contributed by atoms with Crippen LogP contribution in [-0.4, -0.2) is 11.7 Å². The van der Waals surface area contributed by atoms with Crippen LogP contribution in [0.15, 0.2) is 24.3 Å². The predicted octanol–water partition coefficient (Wildman–Crippen LogP) is 1.43. The van der Waals surface area contributed by atoms with Gasteiger partial charge in [-0.1, -0.05) is 18.2 Å². The summed E-state index contributed by atoms with van der Waals surface area (Å²) in [5, 5.41) is 12.6. The molecule has 0 spiro atoms. The van der Waals surface area contributed by atoms with Gasteiger partial charge in [0.25, 0.3) is 0 Å². The highest BCUT2D eigenvalue weighted by Crippen LogP contribution is 2.29. The molecule has 0 amide bonds. The summed E-state index contributed by atoms with van der Waals surface area (Å²) in [5.74, 6) is 0.407. The average molecular weight is 149 g/mol. The molecule has 0 radical (unpaired) electrons. The number of rotatable bonds is 1. The highest BCUT2D eigenvalue weighted by atomic mass is 16.3. The number of para-hydroxylation sites is 1. The summed E-state index contributed by atoms with van der Waals surface area (Å²) < 4.78 is 0. The minimum Gasteiger partial charge on any atom is -0.508 e. The third-order valence-electron chi connectivity index (χ3n) is 2.14. The van der Waals surface area contributed by atoms with Gasteiger partial charge in [0, 0.05) is 11.6 Å². The predicted molar refractivity (Wildman–Crippen MR) is 43.5 cm³/mol. The fourth-order valence-electron chi connectivity index (χ4n) is 1.34. The number of aromatic hydroxyl groups is 1. The maximum Gasteiger partial charge on any atom is 0.120 e. The van der Waals surface area contributed by atoms with E-state index < -0.39 is 0 Å². The quantitative estimate of drug-likeness (QED) is 0.633. The van der Waals surface area contributed by atoms with Crippen LogP contribution in [0.2, 0.25) is 0 Å². The van der Waals surface area contributed by atoms with Crippen LogP contribution in [0.4, 0.5) is 0 Å². The van der Waals surface area contributed by atoms with Crippen molar-refractivity contribution in [2.75, 3.05) is 6.54 Å². The van der Waals surface area contributed by atoms with Gasteiger partial charge in [-0.05, 0) is 19.0 Å². The standard InChI is InChI=1S/C9H11NO/c11-9-4-2-1-3-7(9)8-5-6-10-8/h1-4,8,10-11H,5-6H2. The molecule has 1 saturated heterocycles. The van der Waals surface area contributed by atoms with Crippen molar-refractivity contribution in [2.24, 2.45) is 0 Å². The van der Waals surface area contributed by atoms with E-state index in [4.69, 9.17) is 0 Å². The molecular formula is C9H11NO. The van der Waals surface area contributed by atoms with E-state index in [0.717, 1.165) is 18.5 Å². The van der Waals surface area contributed by atoms with Gasteiger partial charge in [-0.15, -0.1) is 0 Å². The summed E-state index contributed by atoms with van der Waals surface area (Å²) in [7, 11) is 0. The molecule has 2 rings (SSSR count). The van der Waals surface area contributed by atoms with Crippen molar-refractivity contribution >= 4 is 0 Å². The van der Waals surface area contributed by atoms with E-state index in [1.165, 1.54) is 0 Å². The van der Waals surface area contributed by atoms with Crippen LogP contribution < -0.4 is 5.32 Å². The molecule has 0 aromatic heterocycles. The lowest BCUT2D eigenvalue weighted by Crippen LogP contribution is -2.34. The van der Waals surface area contributed by atoms with Crippen molar-refractivity contribution in [1.29, 1.82) is 0 Å². The largest absolute Gasteiger partial charge is 0.508 e. The van der Waals surface area contributed by atoms with Gasteiger partial charge in [0.2, 0.25) is 0 Å². The molecule has 2 heteroatoms. The second-order valence-corrected chi connectivity index (χ2v) is 2.85. The summed E-state index contributed by atoms with van der Waals surface area (Å²) in [4.78, 5) is 0. The molecule has 1 aliphatic heterocycles. The summed E-state index contributed by atoms with van der Waals surface area (Å²) in [5.41, 5.74) is 1.03. The average Bonchev–Trinajstić information content (AvgIpc) is 1.90. The van der Waals surface area contributed by atoms with Crippen LogP contribution in [0, 0.1) is 0 Å². The highest BCUT2D eigenvalue weighted by molar-refractivity contribution is 5.35. The van der Waals surface area contributed by atoms with Crippen molar-refractivity contribution in [1.82, 2.24) is 5.32 Å². The minimum atomic E-state index is 0.385. The van der Waals surface area contributed by atoms with E-state index in [2.05, 4.69) is 5.32 Å². The lowest BCUT2D eigenvalue weighted by atomic mass is 9.97. The third-order valence-corrected chi connectivity index (χ3v) is 2.14. The molecule has 11 heavy (non-hydrogen) atoms. The van der Waals surface area contributed by atoms with Gasteiger partial charge in [0.1, 0.15) is 5.75 Å². The first-order valence-corrected chi connectivity index (χ1v) is 3.89. The van der Waals surface area contributed by atoms with Crippen molar-refractivity contribution < 1.29 is 5.11 Å². The maximum absolute atomic E-state index is 9.41. The van der Waals surface area contributed by atoms with Crippen molar-refractivity contribution in [3.63, 3.8) is 0 Å². The fraction of sp³-hybridized carbons (Fsp3) is 0.333. The number of phenols is 1. The van der Waals surface area contributed by atoms with Crippen LogP contribution >= 0.6 is 0 Å². The Morgan fingerprint density at radius 3 is 2.64 bits per heavy atom. The number of nitrogens with one attached hydrogen (secondary N) is 1. The lowest BCUT2D eigenvalue weighted by Gasteiger charge is -2.28. The second-order valence-electron chi connectivity index (χ2n) is 2.85. The van der Waals surface area contributed by atoms with E-state index in [1.54, 1.807) is 6.07 Å². The molecule has 0 aliphatic carbocycles. The molecule has 0 bridgehead atoms. The Morgan fingerprint density at radius 1 is 1.36 bits per heavy atom. The summed E-state index contributed by atoms with van der Waals surface area (Å²) in [6.45, 7) is 1.07. The van der Waals surface area contributed by atoms with Gasteiger partial charge in [-0.2, -0.15) is 0 Å². The van der Waals surface area contributed by atoms with Crippen LogP contribution in [0.3, 0.4) is 0 Å². The lowest BCUT2D eigenvalue weighted by molar-refractivity contribution is 0.364. The van der Waals surface area contributed by atoms with Crippen molar-refractivity contribution in [2.45, 2.75) is 12.5 Å². The number of hydrogen-bond donors (Lipinski definition) is 2. The SMILES string of the molecule is Oc1ccccc1C1CCN1. The first-order valence-electron chi connectivity index (χ1n) is 3.89. The zero-order chi connectivity index (χ0) is 7.68. The highest BCUT2D eigenvalue weighted by Gasteiger charge is 2.20. The monoisotopic (exact) mass is 149 g/mol. The van der Waals surface area contributed by atoms with Gasteiger partial charge < -0.3 is 10.4 Å². The molecule has 2 N–H and O–H groups in total. The Balaban J connectivity index is 2.28. The van der Waals surface area contributed by atoms with Crippen LogP contribution in [0.5, 0.6) is 5.75 Å². The van der Waals surface area contributed by atoms with Gasteiger partial charge >= 0.3 is 0 Å². The first-order chi connectivity index (χ1) is 5.38. The van der Waals surface area contributed by atoms with E-state index in [1.807, 2.05) is 18.2 Å².